The summed E-state index contributed by atoms with van der Waals surface area (Å²) in [5.74, 6) is -2.25. The number of rotatable bonds is 5. The number of imidazole rings is 1. The van der Waals surface area contributed by atoms with Crippen molar-refractivity contribution < 1.29 is 23.8 Å². The van der Waals surface area contributed by atoms with Crippen LogP contribution in [0, 0.1) is 12.7 Å². The van der Waals surface area contributed by atoms with E-state index < -0.39 is 29.3 Å². The van der Waals surface area contributed by atoms with Crippen molar-refractivity contribution in [2.45, 2.75) is 19.9 Å². The number of ketones is 1. The van der Waals surface area contributed by atoms with E-state index >= 15 is 4.39 Å². The van der Waals surface area contributed by atoms with Crippen molar-refractivity contribution in [3.8, 4) is 5.75 Å². The molecule has 1 N–H and O–H groups in total. The first kappa shape index (κ1) is 23.8. The average Bonchev–Trinajstić information content (AvgIpc) is 3.55. The topological polar surface area (TPSA) is 97.0 Å². The highest BCUT2D eigenvalue weighted by molar-refractivity contribution is 7.22. The number of amides is 1. The first-order valence-electron chi connectivity index (χ1n) is 11.9. The van der Waals surface area contributed by atoms with E-state index in [0.29, 0.717) is 29.2 Å². The average molecular weight is 529 g/mol. The molecule has 0 saturated carbocycles. The smallest absolute Gasteiger partial charge is 0.301 e. The third-order valence-electron chi connectivity index (χ3n) is 6.44. The number of carbonyl (C=O) groups is 2. The fraction of sp³-hybridized carbons (Fsp3) is 0.143. The second-order valence-electron chi connectivity index (χ2n) is 8.72. The van der Waals surface area contributed by atoms with Crippen molar-refractivity contribution in [3.63, 3.8) is 0 Å². The van der Waals surface area contributed by atoms with Gasteiger partial charge in [0, 0.05) is 11.8 Å². The van der Waals surface area contributed by atoms with Crippen LogP contribution in [0.1, 0.15) is 29.9 Å². The molecule has 0 aliphatic carbocycles. The molecule has 1 aliphatic heterocycles. The van der Waals surface area contributed by atoms with Crippen molar-refractivity contribution in [3.05, 3.63) is 95.2 Å². The molecular weight excluding hydrogens is 507 g/mol. The van der Waals surface area contributed by atoms with Crippen LogP contribution in [0.3, 0.4) is 0 Å². The van der Waals surface area contributed by atoms with E-state index in [4.69, 9.17) is 4.74 Å². The molecule has 0 bridgehead atoms. The minimum absolute atomic E-state index is 0.0639. The molecule has 190 valence electrons. The van der Waals surface area contributed by atoms with Gasteiger partial charge in [0.1, 0.15) is 28.9 Å². The Hall–Kier alpha value is -4.57. The number of aliphatic hydroxyl groups is 1. The van der Waals surface area contributed by atoms with Gasteiger partial charge in [0.2, 0.25) is 0 Å². The molecule has 4 heterocycles. The lowest BCUT2D eigenvalue weighted by Gasteiger charge is -2.23. The summed E-state index contributed by atoms with van der Waals surface area (Å²) in [4.78, 5) is 37.2. The summed E-state index contributed by atoms with van der Waals surface area (Å²) in [6.07, 6.45) is 1.70. The number of halogens is 1. The summed E-state index contributed by atoms with van der Waals surface area (Å²) in [6, 6.07) is 15.3. The third kappa shape index (κ3) is 3.64. The zero-order valence-electron chi connectivity index (χ0n) is 20.4. The lowest BCUT2D eigenvalue weighted by atomic mass is 9.96. The molecule has 38 heavy (non-hydrogen) atoms. The lowest BCUT2D eigenvalue weighted by molar-refractivity contribution is -0.132. The van der Waals surface area contributed by atoms with Crippen LogP contribution in [0.15, 0.2) is 72.4 Å². The van der Waals surface area contributed by atoms with Gasteiger partial charge < -0.3 is 9.84 Å². The second kappa shape index (κ2) is 9.07. The lowest BCUT2D eigenvalue weighted by Crippen LogP contribution is -2.29. The molecule has 1 atom stereocenters. The molecule has 0 radical (unpaired) electrons. The van der Waals surface area contributed by atoms with Gasteiger partial charge in [-0.2, -0.15) is 0 Å². The van der Waals surface area contributed by atoms with E-state index in [1.165, 1.54) is 29.5 Å². The maximum absolute atomic E-state index is 15.2. The standard InChI is InChI=1S/C28H21FN4O4S/c1-3-37-16-11-12-19-20(14-16)38-28(31-19)33-24(17-8-4-5-9-18(17)29)22(26(35)27(33)36)25(34)23-15(2)30-21-10-6-7-13-32(21)23/h4-14,24,34H,3H2,1-2H3/b25-22+. The Kier molecular flexibility index (Phi) is 5.68. The Labute approximate surface area is 220 Å². The van der Waals surface area contributed by atoms with E-state index in [1.807, 2.05) is 6.92 Å². The molecule has 5 aromatic rings. The highest BCUT2D eigenvalue weighted by Gasteiger charge is 2.49. The number of aryl methyl sites for hydroxylation is 1. The molecule has 0 spiro atoms. The normalized spacial score (nSPS) is 17.1. The minimum atomic E-state index is -1.24. The molecule has 6 rings (SSSR count). The molecule has 3 aromatic heterocycles. The molecule has 8 nitrogen and oxygen atoms in total. The van der Waals surface area contributed by atoms with Crippen LogP contribution in [0.4, 0.5) is 9.52 Å². The van der Waals surface area contributed by atoms with Gasteiger partial charge in [0.15, 0.2) is 10.9 Å². The van der Waals surface area contributed by atoms with E-state index in [1.54, 1.807) is 60.0 Å². The maximum atomic E-state index is 15.2. The van der Waals surface area contributed by atoms with E-state index in [0.717, 1.165) is 9.60 Å². The van der Waals surface area contributed by atoms with Gasteiger partial charge in [-0.05, 0) is 50.2 Å². The highest BCUT2D eigenvalue weighted by atomic mass is 32.1. The molecule has 1 aliphatic rings. The fourth-order valence-electron chi connectivity index (χ4n) is 4.80. The molecule has 2 aromatic carbocycles. The summed E-state index contributed by atoms with van der Waals surface area (Å²) in [6.45, 7) is 4.06. The number of thiazole rings is 1. The number of carbonyl (C=O) groups excluding carboxylic acids is 2. The molecule has 10 heteroatoms. The van der Waals surface area contributed by atoms with E-state index in [2.05, 4.69) is 9.97 Å². The summed E-state index contributed by atoms with van der Waals surface area (Å²) in [7, 11) is 0. The van der Waals surface area contributed by atoms with Crippen molar-refractivity contribution in [1.29, 1.82) is 0 Å². The van der Waals surface area contributed by atoms with Crippen LogP contribution < -0.4 is 9.64 Å². The molecule has 1 saturated heterocycles. The number of Topliss-reactive ketones (excluding diaryl/α,β-unsaturated/α-hetero) is 1. The highest BCUT2D eigenvalue weighted by Crippen LogP contribution is 2.45. The van der Waals surface area contributed by atoms with Gasteiger partial charge in [0.05, 0.1) is 28.1 Å². The minimum Gasteiger partial charge on any atom is -0.505 e. The number of pyridine rings is 1. The van der Waals surface area contributed by atoms with Crippen molar-refractivity contribution in [1.82, 2.24) is 14.4 Å². The van der Waals surface area contributed by atoms with Crippen molar-refractivity contribution >= 4 is 49.8 Å². The van der Waals surface area contributed by atoms with Crippen LogP contribution in [0.2, 0.25) is 0 Å². The SMILES string of the molecule is CCOc1ccc2nc(N3C(=O)C(=O)/C(=C(/O)c4c(C)nc5ccccn45)C3c3ccccc3F)sc2c1. The Morgan fingerprint density at radius 1 is 1.11 bits per heavy atom. The van der Waals surface area contributed by atoms with E-state index in [9.17, 15) is 14.7 Å². The Balaban J connectivity index is 1.59. The summed E-state index contributed by atoms with van der Waals surface area (Å²) in [5, 5.41) is 11.8. The van der Waals surface area contributed by atoms with Crippen LogP contribution in [-0.4, -0.2) is 37.8 Å². The first-order chi connectivity index (χ1) is 18.4. The van der Waals surface area contributed by atoms with Gasteiger partial charge >= 0.3 is 5.91 Å². The van der Waals surface area contributed by atoms with Crippen LogP contribution in [0.25, 0.3) is 21.6 Å². The largest absolute Gasteiger partial charge is 0.505 e. The van der Waals surface area contributed by atoms with Crippen LogP contribution in [-0.2, 0) is 9.59 Å². The molecule has 1 unspecified atom stereocenters. The van der Waals surface area contributed by atoms with Gasteiger partial charge in [0.25, 0.3) is 5.78 Å². The van der Waals surface area contributed by atoms with E-state index in [-0.39, 0.29) is 22.0 Å². The van der Waals surface area contributed by atoms with Crippen LogP contribution in [0.5, 0.6) is 5.75 Å². The number of ether oxygens (including phenoxy) is 1. The van der Waals surface area contributed by atoms with Gasteiger partial charge in [-0.3, -0.25) is 18.9 Å². The third-order valence-corrected chi connectivity index (χ3v) is 7.46. The number of benzene rings is 2. The van der Waals surface area contributed by atoms with Gasteiger partial charge in [-0.25, -0.2) is 14.4 Å². The fourth-order valence-corrected chi connectivity index (χ4v) is 5.82. The Morgan fingerprint density at radius 3 is 2.68 bits per heavy atom. The predicted molar refractivity (Wildman–Crippen MR) is 142 cm³/mol. The Bertz CT molecular complexity index is 1790. The second-order valence-corrected chi connectivity index (χ2v) is 9.73. The molecule has 1 fully saturated rings. The number of nitrogens with zero attached hydrogens (tertiary/aromatic N) is 4. The number of aromatic nitrogens is 3. The Morgan fingerprint density at radius 2 is 1.89 bits per heavy atom. The monoisotopic (exact) mass is 528 g/mol. The summed E-state index contributed by atoms with van der Waals surface area (Å²) < 4.78 is 23.2. The van der Waals surface area contributed by atoms with Crippen LogP contribution >= 0.6 is 11.3 Å². The quantitative estimate of drug-likeness (QED) is 0.186. The number of fused-ring (bicyclic) bond motifs is 2. The summed E-state index contributed by atoms with van der Waals surface area (Å²) >= 11 is 1.18. The zero-order valence-corrected chi connectivity index (χ0v) is 21.2. The molecular formula is C28H21FN4O4S. The van der Waals surface area contributed by atoms with Crippen molar-refractivity contribution in [2.75, 3.05) is 11.5 Å². The van der Waals surface area contributed by atoms with Gasteiger partial charge in [-0.1, -0.05) is 35.6 Å². The molecule has 1 amide bonds. The first-order valence-corrected chi connectivity index (χ1v) is 12.7. The number of aliphatic hydroxyl groups excluding tert-OH is 1. The van der Waals surface area contributed by atoms with Gasteiger partial charge in [-0.15, -0.1) is 0 Å². The number of anilines is 1. The predicted octanol–water partition coefficient (Wildman–Crippen LogP) is 5.42. The van der Waals surface area contributed by atoms with Crippen molar-refractivity contribution in [2.24, 2.45) is 0 Å². The number of hydrogen-bond donors (Lipinski definition) is 1. The zero-order chi connectivity index (χ0) is 26.6. The summed E-state index contributed by atoms with van der Waals surface area (Å²) in [5.41, 5.74) is 1.69. The number of hydrogen-bond acceptors (Lipinski definition) is 7. The maximum Gasteiger partial charge on any atom is 0.301 e.